The maximum Gasteiger partial charge on any atom is 0.222 e. The van der Waals surface area contributed by atoms with Crippen molar-refractivity contribution in [3.8, 4) is 11.5 Å². The molecule has 2 rings (SSSR count). The van der Waals surface area contributed by atoms with E-state index in [0.29, 0.717) is 32.0 Å². The number of hydrogen-bond donors (Lipinski definition) is 3. The normalized spacial score (nSPS) is 10.9. The van der Waals surface area contributed by atoms with Gasteiger partial charge >= 0.3 is 0 Å². The Morgan fingerprint density at radius 1 is 1.00 bits per heavy atom. The summed E-state index contributed by atoms with van der Waals surface area (Å²) in [6, 6.07) is 15.5. The molecular formula is C22H30N4O3. The van der Waals surface area contributed by atoms with Crippen LogP contribution in [0, 0.1) is 0 Å². The quantitative estimate of drug-likeness (QED) is 0.423. The van der Waals surface area contributed by atoms with Crippen molar-refractivity contribution in [3.05, 3.63) is 59.7 Å². The lowest BCUT2D eigenvalue weighted by Crippen LogP contribution is -2.39. The third-order valence-electron chi connectivity index (χ3n) is 4.22. The van der Waals surface area contributed by atoms with Gasteiger partial charge in [0.15, 0.2) is 5.96 Å². The molecule has 0 saturated carbocycles. The van der Waals surface area contributed by atoms with E-state index in [1.807, 2.05) is 55.5 Å². The fourth-order valence-corrected chi connectivity index (χ4v) is 2.67. The van der Waals surface area contributed by atoms with E-state index in [1.165, 1.54) is 0 Å². The molecule has 0 saturated heterocycles. The fraction of sp³-hybridized carbons (Fsp3) is 0.364. The maximum atomic E-state index is 12.0. The number of nitrogens with zero attached hydrogens (tertiary/aromatic N) is 1. The summed E-state index contributed by atoms with van der Waals surface area (Å²) in [6.45, 7) is 4.20. The molecule has 1 amide bonds. The first-order valence-corrected chi connectivity index (χ1v) is 9.70. The number of guanidine groups is 1. The molecule has 0 aliphatic heterocycles. The molecule has 2 aromatic rings. The number of methoxy groups -OCH3 is 2. The largest absolute Gasteiger partial charge is 0.497 e. The first kappa shape index (κ1) is 22.1. The van der Waals surface area contributed by atoms with Crippen LogP contribution >= 0.6 is 0 Å². The minimum absolute atomic E-state index is 0.00553. The molecular weight excluding hydrogens is 368 g/mol. The lowest BCUT2D eigenvalue weighted by molar-refractivity contribution is -0.121. The molecule has 0 spiro atoms. The van der Waals surface area contributed by atoms with Crippen LogP contribution < -0.4 is 25.4 Å². The van der Waals surface area contributed by atoms with Crippen molar-refractivity contribution in [2.24, 2.45) is 4.99 Å². The van der Waals surface area contributed by atoms with Crippen molar-refractivity contribution >= 4 is 11.9 Å². The van der Waals surface area contributed by atoms with E-state index in [0.717, 1.165) is 29.2 Å². The number of hydrogen-bond acceptors (Lipinski definition) is 4. The van der Waals surface area contributed by atoms with Crippen molar-refractivity contribution in [2.45, 2.75) is 26.4 Å². The van der Waals surface area contributed by atoms with Crippen LogP contribution in [-0.2, 0) is 17.9 Å². The Bertz CT molecular complexity index is 794. The molecule has 156 valence electrons. The van der Waals surface area contributed by atoms with Crippen molar-refractivity contribution in [2.75, 3.05) is 27.3 Å². The molecule has 7 nitrogen and oxygen atoms in total. The van der Waals surface area contributed by atoms with Gasteiger partial charge in [0, 0.05) is 37.7 Å². The van der Waals surface area contributed by atoms with Crippen LogP contribution in [0.25, 0.3) is 0 Å². The van der Waals surface area contributed by atoms with Crippen LogP contribution in [0.15, 0.2) is 53.5 Å². The number of ether oxygens (including phenoxy) is 2. The molecule has 0 aliphatic carbocycles. The average molecular weight is 399 g/mol. The van der Waals surface area contributed by atoms with Crippen LogP contribution in [0.4, 0.5) is 0 Å². The zero-order valence-electron chi connectivity index (χ0n) is 17.3. The second-order valence-electron chi connectivity index (χ2n) is 6.31. The number of carbonyl (C=O) groups excluding carboxylic acids is 1. The lowest BCUT2D eigenvalue weighted by Gasteiger charge is -2.13. The van der Waals surface area contributed by atoms with E-state index in [-0.39, 0.29) is 5.91 Å². The number of benzene rings is 2. The van der Waals surface area contributed by atoms with Gasteiger partial charge in [-0.3, -0.25) is 4.79 Å². The molecule has 2 aromatic carbocycles. The standard InChI is InChI=1S/C22H30N4O3/c1-4-23-22(26-16-18-10-11-19(28-2)14-20(18)29-3)24-13-12-21(27)25-15-17-8-6-5-7-9-17/h5-11,14H,4,12-13,15-16H2,1-3H3,(H,25,27)(H2,23,24,26). The van der Waals surface area contributed by atoms with Gasteiger partial charge in [0.2, 0.25) is 5.91 Å². The molecule has 0 bridgehead atoms. The first-order valence-electron chi connectivity index (χ1n) is 9.70. The van der Waals surface area contributed by atoms with Gasteiger partial charge in [-0.15, -0.1) is 0 Å². The summed E-state index contributed by atoms with van der Waals surface area (Å²) < 4.78 is 10.6. The molecule has 3 N–H and O–H groups in total. The SMILES string of the molecule is CCNC(=NCc1ccc(OC)cc1OC)NCCC(=O)NCc1ccccc1. The smallest absolute Gasteiger partial charge is 0.222 e. The average Bonchev–Trinajstić information content (AvgIpc) is 2.76. The van der Waals surface area contributed by atoms with Crippen molar-refractivity contribution < 1.29 is 14.3 Å². The van der Waals surface area contributed by atoms with Crippen LogP contribution in [0.2, 0.25) is 0 Å². The molecule has 0 aliphatic rings. The summed E-state index contributed by atoms with van der Waals surface area (Å²) in [7, 11) is 3.25. The predicted octanol–water partition coefficient (Wildman–Crippen LogP) is 2.47. The maximum absolute atomic E-state index is 12.0. The Hall–Kier alpha value is -3.22. The van der Waals surface area contributed by atoms with E-state index in [1.54, 1.807) is 14.2 Å². The monoisotopic (exact) mass is 398 g/mol. The number of aliphatic imine (C=N–C) groups is 1. The van der Waals surface area contributed by atoms with Crippen LogP contribution in [0.5, 0.6) is 11.5 Å². The molecule has 0 aromatic heterocycles. The Morgan fingerprint density at radius 2 is 1.79 bits per heavy atom. The molecule has 0 fully saturated rings. The highest BCUT2D eigenvalue weighted by molar-refractivity contribution is 5.81. The molecule has 7 heteroatoms. The number of nitrogens with one attached hydrogen (secondary N) is 3. The summed E-state index contributed by atoms with van der Waals surface area (Å²) >= 11 is 0. The Kier molecular flexibility index (Phi) is 9.35. The molecule has 0 heterocycles. The summed E-state index contributed by atoms with van der Waals surface area (Å²) in [5, 5.41) is 9.30. The lowest BCUT2D eigenvalue weighted by atomic mass is 10.2. The zero-order chi connectivity index (χ0) is 20.9. The highest BCUT2D eigenvalue weighted by Gasteiger charge is 2.06. The van der Waals surface area contributed by atoms with Crippen LogP contribution in [-0.4, -0.2) is 39.2 Å². The van der Waals surface area contributed by atoms with Crippen molar-refractivity contribution in [1.82, 2.24) is 16.0 Å². The second-order valence-corrected chi connectivity index (χ2v) is 6.31. The zero-order valence-corrected chi connectivity index (χ0v) is 17.3. The van der Waals surface area contributed by atoms with Crippen LogP contribution in [0.3, 0.4) is 0 Å². The van der Waals surface area contributed by atoms with E-state index in [4.69, 9.17) is 9.47 Å². The molecule has 0 unspecified atom stereocenters. The number of rotatable bonds is 10. The summed E-state index contributed by atoms with van der Waals surface area (Å²) in [4.78, 5) is 16.6. The van der Waals surface area contributed by atoms with Crippen molar-refractivity contribution in [3.63, 3.8) is 0 Å². The third kappa shape index (κ3) is 7.73. The molecule has 0 atom stereocenters. The minimum atomic E-state index is -0.00553. The van der Waals surface area contributed by atoms with Gasteiger partial charge in [0.1, 0.15) is 11.5 Å². The summed E-state index contributed by atoms with van der Waals surface area (Å²) in [6.07, 6.45) is 0.364. The van der Waals surface area contributed by atoms with Gasteiger partial charge in [-0.2, -0.15) is 0 Å². The molecule has 0 radical (unpaired) electrons. The number of carbonyl (C=O) groups is 1. The van der Waals surface area contributed by atoms with E-state index < -0.39 is 0 Å². The number of amides is 1. The third-order valence-corrected chi connectivity index (χ3v) is 4.22. The second kappa shape index (κ2) is 12.3. The van der Waals surface area contributed by atoms with Gasteiger partial charge < -0.3 is 25.4 Å². The van der Waals surface area contributed by atoms with E-state index >= 15 is 0 Å². The van der Waals surface area contributed by atoms with Gasteiger partial charge in [-0.25, -0.2) is 4.99 Å². The van der Waals surface area contributed by atoms with Gasteiger partial charge in [-0.1, -0.05) is 30.3 Å². The fourth-order valence-electron chi connectivity index (χ4n) is 2.67. The Labute approximate surface area is 172 Å². The van der Waals surface area contributed by atoms with Crippen molar-refractivity contribution in [1.29, 1.82) is 0 Å². The van der Waals surface area contributed by atoms with E-state index in [9.17, 15) is 4.79 Å². The van der Waals surface area contributed by atoms with Gasteiger partial charge in [0.25, 0.3) is 0 Å². The first-order chi connectivity index (χ1) is 14.2. The Morgan fingerprint density at radius 3 is 2.48 bits per heavy atom. The summed E-state index contributed by atoms with van der Waals surface area (Å²) in [5.74, 6) is 2.11. The van der Waals surface area contributed by atoms with Gasteiger partial charge in [0.05, 0.1) is 20.8 Å². The Balaban J connectivity index is 1.83. The predicted molar refractivity (Wildman–Crippen MR) is 115 cm³/mol. The van der Waals surface area contributed by atoms with E-state index in [2.05, 4.69) is 20.9 Å². The highest BCUT2D eigenvalue weighted by atomic mass is 16.5. The van der Waals surface area contributed by atoms with Crippen LogP contribution in [0.1, 0.15) is 24.5 Å². The minimum Gasteiger partial charge on any atom is -0.497 e. The topological polar surface area (TPSA) is 84.0 Å². The highest BCUT2D eigenvalue weighted by Crippen LogP contribution is 2.25. The molecule has 29 heavy (non-hydrogen) atoms. The van der Waals surface area contributed by atoms with Gasteiger partial charge in [-0.05, 0) is 24.6 Å². The summed E-state index contributed by atoms with van der Waals surface area (Å²) in [5.41, 5.74) is 2.03.